The molecular weight excluding hydrogens is 336 g/mol. The van der Waals surface area contributed by atoms with E-state index >= 15 is 0 Å². The van der Waals surface area contributed by atoms with Crippen LogP contribution in [0, 0.1) is 11.3 Å². The molecule has 2 aromatic rings. The Bertz CT molecular complexity index is 819. The molecule has 5 heteroatoms. The minimum atomic E-state index is 0.0473. The van der Waals surface area contributed by atoms with Gasteiger partial charge in [-0.25, -0.2) is 0 Å². The Labute approximate surface area is 161 Å². The first-order valence-electron chi connectivity index (χ1n) is 9.49. The Morgan fingerprint density at radius 1 is 1.07 bits per heavy atom. The Balaban J connectivity index is 1.46. The molecule has 0 radical (unpaired) electrons. The van der Waals surface area contributed by atoms with Crippen molar-refractivity contribution in [2.45, 2.75) is 19.9 Å². The first kappa shape index (κ1) is 19.1. The van der Waals surface area contributed by atoms with Crippen LogP contribution in [0.3, 0.4) is 0 Å². The summed E-state index contributed by atoms with van der Waals surface area (Å²) in [6.45, 7) is 6.97. The Morgan fingerprint density at radius 3 is 2.56 bits per heavy atom. The zero-order valence-electron chi connectivity index (χ0n) is 15.8. The topological polar surface area (TPSA) is 59.4 Å². The van der Waals surface area contributed by atoms with Crippen molar-refractivity contribution in [2.24, 2.45) is 0 Å². The van der Waals surface area contributed by atoms with Crippen LogP contribution in [0.5, 0.6) is 0 Å². The zero-order valence-corrected chi connectivity index (χ0v) is 15.8. The quantitative estimate of drug-likeness (QED) is 0.858. The van der Waals surface area contributed by atoms with Crippen LogP contribution in [0.25, 0.3) is 0 Å². The number of para-hydroxylation sites is 1. The number of aryl methyl sites for hydroxylation is 1. The van der Waals surface area contributed by atoms with Gasteiger partial charge in [0.15, 0.2) is 0 Å². The molecule has 1 saturated heterocycles. The number of anilines is 1. The van der Waals surface area contributed by atoms with Crippen LogP contribution < -0.4 is 5.32 Å². The van der Waals surface area contributed by atoms with Crippen LogP contribution in [0.15, 0.2) is 48.5 Å². The van der Waals surface area contributed by atoms with E-state index in [2.05, 4.69) is 40.2 Å². The van der Waals surface area contributed by atoms with Crippen molar-refractivity contribution in [2.75, 3.05) is 38.0 Å². The van der Waals surface area contributed by atoms with Gasteiger partial charge in [0, 0.05) is 38.4 Å². The van der Waals surface area contributed by atoms with Crippen molar-refractivity contribution >= 4 is 11.6 Å². The fourth-order valence-corrected chi connectivity index (χ4v) is 3.45. The largest absolute Gasteiger partial charge is 0.325 e. The maximum Gasteiger partial charge on any atom is 0.238 e. The lowest BCUT2D eigenvalue weighted by Gasteiger charge is -2.34. The fraction of sp³-hybridized carbons (Fsp3) is 0.364. The highest BCUT2D eigenvalue weighted by molar-refractivity contribution is 5.93. The predicted molar refractivity (Wildman–Crippen MR) is 107 cm³/mol. The summed E-state index contributed by atoms with van der Waals surface area (Å²) in [5.74, 6) is 0.0473. The number of amides is 1. The van der Waals surface area contributed by atoms with Gasteiger partial charge >= 0.3 is 0 Å². The predicted octanol–water partition coefficient (Wildman–Crippen LogP) is 2.88. The van der Waals surface area contributed by atoms with Gasteiger partial charge in [-0.05, 0) is 35.7 Å². The number of piperazine rings is 1. The van der Waals surface area contributed by atoms with E-state index in [1.165, 1.54) is 0 Å². The second kappa shape index (κ2) is 9.31. The monoisotopic (exact) mass is 362 g/mol. The zero-order chi connectivity index (χ0) is 19.1. The minimum absolute atomic E-state index is 0.0473. The average Bonchev–Trinajstić information content (AvgIpc) is 2.70. The van der Waals surface area contributed by atoms with Crippen LogP contribution >= 0.6 is 0 Å². The lowest BCUT2D eigenvalue weighted by molar-refractivity contribution is -0.117. The summed E-state index contributed by atoms with van der Waals surface area (Å²) in [7, 11) is 0. The van der Waals surface area contributed by atoms with E-state index in [0.29, 0.717) is 12.1 Å². The van der Waals surface area contributed by atoms with Gasteiger partial charge in [-0.1, -0.05) is 37.3 Å². The van der Waals surface area contributed by atoms with Gasteiger partial charge in [0.1, 0.15) is 0 Å². The van der Waals surface area contributed by atoms with E-state index in [1.54, 1.807) is 0 Å². The first-order valence-corrected chi connectivity index (χ1v) is 9.49. The molecule has 2 aromatic carbocycles. The molecule has 0 bridgehead atoms. The molecule has 0 saturated carbocycles. The van der Waals surface area contributed by atoms with E-state index < -0.39 is 0 Å². The highest BCUT2D eigenvalue weighted by Gasteiger charge is 2.19. The smallest absolute Gasteiger partial charge is 0.238 e. The summed E-state index contributed by atoms with van der Waals surface area (Å²) in [6, 6.07) is 17.9. The van der Waals surface area contributed by atoms with E-state index in [1.807, 2.05) is 36.4 Å². The normalized spacial score (nSPS) is 15.3. The number of hydrogen-bond acceptors (Lipinski definition) is 4. The summed E-state index contributed by atoms with van der Waals surface area (Å²) < 4.78 is 0. The first-order chi connectivity index (χ1) is 13.2. The summed E-state index contributed by atoms with van der Waals surface area (Å²) in [6.07, 6.45) is 0.905. The SMILES string of the molecule is CCc1ccccc1NC(=O)CN1CCN(Cc2cccc(C#N)c2)CC1. The third-order valence-electron chi connectivity index (χ3n) is 4.97. The lowest BCUT2D eigenvalue weighted by atomic mass is 10.1. The third kappa shape index (κ3) is 5.40. The molecule has 3 rings (SSSR count). The Morgan fingerprint density at radius 2 is 1.81 bits per heavy atom. The molecule has 0 unspecified atom stereocenters. The number of rotatable bonds is 6. The highest BCUT2D eigenvalue weighted by Crippen LogP contribution is 2.16. The maximum absolute atomic E-state index is 12.4. The van der Waals surface area contributed by atoms with E-state index in [0.717, 1.165) is 56.0 Å². The van der Waals surface area contributed by atoms with E-state index in [4.69, 9.17) is 5.26 Å². The molecule has 5 nitrogen and oxygen atoms in total. The molecule has 1 fully saturated rings. The Hall–Kier alpha value is -2.68. The molecular formula is C22H26N4O. The number of nitrogens with zero attached hydrogens (tertiary/aromatic N) is 3. The molecule has 0 atom stereocenters. The van der Waals surface area contributed by atoms with E-state index in [9.17, 15) is 4.79 Å². The van der Waals surface area contributed by atoms with Crippen molar-refractivity contribution in [1.29, 1.82) is 5.26 Å². The molecule has 1 heterocycles. The highest BCUT2D eigenvalue weighted by atomic mass is 16.2. The van der Waals surface area contributed by atoms with Gasteiger partial charge < -0.3 is 5.32 Å². The second-order valence-corrected chi connectivity index (χ2v) is 6.92. The van der Waals surface area contributed by atoms with Crippen LogP contribution in [-0.4, -0.2) is 48.4 Å². The van der Waals surface area contributed by atoms with Gasteiger partial charge in [0.25, 0.3) is 0 Å². The van der Waals surface area contributed by atoms with E-state index in [-0.39, 0.29) is 5.91 Å². The Kier molecular flexibility index (Phi) is 6.59. The maximum atomic E-state index is 12.4. The number of nitrogens with one attached hydrogen (secondary N) is 1. The number of carbonyl (C=O) groups excluding carboxylic acids is 1. The standard InChI is InChI=1S/C22H26N4O/c1-2-20-8-3-4-9-21(20)24-22(27)17-26-12-10-25(11-13-26)16-19-7-5-6-18(14-19)15-23/h3-9,14H,2,10-13,16-17H2,1H3,(H,24,27). The number of carbonyl (C=O) groups is 1. The second-order valence-electron chi connectivity index (χ2n) is 6.92. The molecule has 0 aliphatic carbocycles. The molecule has 0 aromatic heterocycles. The van der Waals surface area contributed by atoms with Crippen LogP contribution in [0.4, 0.5) is 5.69 Å². The van der Waals surface area contributed by atoms with Crippen molar-refractivity contribution in [3.63, 3.8) is 0 Å². The van der Waals surface area contributed by atoms with Crippen molar-refractivity contribution < 1.29 is 4.79 Å². The third-order valence-corrected chi connectivity index (χ3v) is 4.97. The van der Waals surface area contributed by atoms with Crippen LogP contribution in [0.1, 0.15) is 23.6 Å². The summed E-state index contributed by atoms with van der Waals surface area (Å²) in [5, 5.41) is 12.1. The fourth-order valence-electron chi connectivity index (χ4n) is 3.45. The number of benzene rings is 2. The molecule has 1 aliphatic rings. The van der Waals surface area contributed by atoms with Crippen LogP contribution in [0.2, 0.25) is 0 Å². The molecule has 140 valence electrons. The van der Waals surface area contributed by atoms with Gasteiger partial charge in [-0.3, -0.25) is 14.6 Å². The van der Waals surface area contributed by atoms with Gasteiger partial charge in [-0.2, -0.15) is 5.26 Å². The molecule has 1 amide bonds. The summed E-state index contributed by atoms with van der Waals surface area (Å²) >= 11 is 0. The van der Waals surface area contributed by atoms with Crippen molar-refractivity contribution in [1.82, 2.24) is 9.80 Å². The summed E-state index contributed by atoms with van der Waals surface area (Å²) in [5.41, 5.74) is 3.95. The minimum Gasteiger partial charge on any atom is -0.325 e. The lowest BCUT2D eigenvalue weighted by Crippen LogP contribution is -2.48. The van der Waals surface area contributed by atoms with Crippen molar-refractivity contribution in [3.8, 4) is 6.07 Å². The van der Waals surface area contributed by atoms with Crippen LogP contribution in [-0.2, 0) is 17.8 Å². The summed E-state index contributed by atoms with van der Waals surface area (Å²) in [4.78, 5) is 17.0. The molecule has 1 aliphatic heterocycles. The van der Waals surface area contributed by atoms with Gasteiger partial charge in [0.2, 0.25) is 5.91 Å². The molecule has 1 N–H and O–H groups in total. The average molecular weight is 362 g/mol. The molecule has 0 spiro atoms. The van der Waals surface area contributed by atoms with Gasteiger partial charge in [-0.15, -0.1) is 0 Å². The number of nitriles is 1. The van der Waals surface area contributed by atoms with Crippen molar-refractivity contribution in [3.05, 3.63) is 65.2 Å². The molecule has 27 heavy (non-hydrogen) atoms. The number of hydrogen-bond donors (Lipinski definition) is 1. The van der Waals surface area contributed by atoms with Gasteiger partial charge in [0.05, 0.1) is 18.2 Å².